The molecule has 2 atom stereocenters. The van der Waals surface area contributed by atoms with Gasteiger partial charge in [-0.1, -0.05) is 20.8 Å². The molecule has 0 N–H and O–H groups in total. The lowest BCUT2D eigenvalue weighted by molar-refractivity contribution is -0.195. The lowest BCUT2D eigenvalue weighted by atomic mass is 9.79. The minimum absolute atomic E-state index is 0.0556. The molecule has 0 spiro atoms. The Balaban J connectivity index is 2.56. The molecule has 2 heteroatoms. The van der Waals surface area contributed by atoms with E-state index < -0.39 is 0 Å². The molecule has 0 aliphatic carbocycles. The van der Waals surface area contributed by atoms with Crippen LogP contribution in [0.3, 0.4) is 0 Å². The third-order valence-electron chi connectivity index (χ3n) is 1.92. The molecule has 1 aliphatic heterocycles. The summed E-state index contributed by atoms with van der Waals surface area (Å²) in [5.41, 5.74) is 0.104. The molecular weight excluding hydrogens is 128 g/mol. The first kappa shape index (κ1) is 7.58. The van der Waals surface area contributed by atoms with Crippen LogP contribution < -0.4 is 0 Å². The van der Waals surface area contributed by atoms with E-state index in [1.807, 2.05) is 6.92 Å². The Morgan fingerprint density at radius 3 is 2.00 bits per heavy atom. The van der Waals surface area contributed by atoms with Gasteiger partial charge in [0.2, 0.25) is 0 Å². The third kappa shape index (κ3) is 1.02. The van der Waals surface area contributed by atoms with E-state index in [9.17, 15) is 4.79 Å². The second-order valence-corrected chi connectivity index (χ2v) is 4.01. The summed E-state index contributed by atoms with van der Waals surface area (Å²) in [6.45, 7) is 8.17. The zero-order valence-electron chi connectivity index (χ0n) is 6.97. The van der Waals surface area contributed by atoms with Crippen molar-refractivity contribution < 1.29 is 9.53 Å². The van der Waals surface area contributed by atoms with Crippen LogP contribution in [0.15, 0.2) is 0 Å². The van der Waals surface area contributed by atoms with Crippen molar-refractivity contribution in [3.05, 3.63) is 0 Å². The van der Waals surface area contributed by atoms with Gasteiger partial charge in [-0.05, 0) is 12.3 Å². The van der Waals surface area contributed by atoms with Crippen LogP contribution in [-0.4, -0.2) is 12.1 Å². The minimum Gasteiger partial charge on any atom is -0.461 e. The van der Waals surface area contributed by atoms with Crippen molar-refractivity contribution in [1.82, 2.24) is 0 Å². The van der Waals surface area contributed by atoms with Gasteiger partial charge >= 0.3 is 5.97 Å². The Kier molecular flexibility index (Phi) is 1.50. The molecule has 2 nitrogen and oxygen atoms in total. The van der Waals surface area contributed by atoms with E-state index in [1.165, 1.54) is 0 Å². The van der Waals surface area contributed by atoms with Crippen molar-refractivity contribution in [1.29, 1.82) is 0 Å². The van der Waals surface area contributed by atoms with Gasteiger partial charge in [0.25, 0.3) is 0 Å². The monoisotopic (exact) mass is 142 g/mol. The highest BCUT2D eigenvalue weighted by atomic mass is 16.6. The first-order valence-corrected chi connectivity index (χ1v) is 3.63. The molecule has 2 unspecified atom stereocenters. The first-order chi connectivity index (χ1) is 4.43. The fourth-order valence-corrected chi connectivity index (χ4v) is 1.31. The van der Waals surface area contributed by atoms with Crippen LogP contribution in [0.4, 0.5) is 0 Å². The summed E-state index contributed by atoms with van der Waals surface area (Å²) in [4.78, 5) is 10.7. The van der Waals surface area contributed by atoms with Gasteiger partial charge in [-0.15, -0.1) is 0 Å². The first-order valence-electron chi connectivity index (χ1n) is 3.63. The second kappa shape index (κ2) is 1.97. The number of carbonyl (C=O) groups is 1. The predicted octanol–water partition coefficient (Wildman–Crippen LogP) is 1.59. The number of hydrogen-bond acceptors (Lipinski definition) is 2. The average Bonchev–Trinajstić information content (AvgIpc) is 1.79. The molecule has 0 amide bonds. The van der Waals surface area contributed by atoms with E-state index in [-0.39, 0.29) is 23.4 Å². The van der Waals surface area contributed by atoms with Crippen molar-refractivity contribution in [2.24, 2.45) is 11.3 Å². The fraction of sp³-hybridized carbons (Fsp3) is 0.875. The Morgan fingerprint density at radius 1 is 1.40 bits per heavy atom. The Labute approximate surface area is 61.6 Å². The quantitative estimate of drug-likeness (QED) is 0.480. The van der Waals surface area contributed by atoms with Gasteiger partial charge in [0.15, 0.2) is 0 Å². The topological polar surface area (TPSA) is 26.3 Å². The highest BCUT2D eigenvalue weighted by Gasteiger charge is 2.45. The van der Waals surface area contributed by atoms with Gasteiger partial charge < -0.3 is 4.74 Å². The van der Waals surface area contributed by atoms with Crippen LogP contribution >= 0.6 is 0 Å². The number of ether oxygens (including phenoxy) is 1. The lowest BCUT2D eigenvalue weighted by Crippen LogP contribution is -2.50. The molecule has 1 aliphatic rings. The maximum absolute atomic E-state index is 10.7. The average molecular weight is 142 g/mol. The number of hydrogen-bond donors (Lipinski definition) is 0. The van der Waals surface area contributed by atoms with Gasteiger partial charge in [0, 0.05) is 0 Å². The van der Waals surface area contributed by atoms with Crippen molar-refractivity contribution in [3.63, 3.8) is 0 Å². The van der Waals surface area contributed by atoms with Crippen molar-refractivity contribution in [2.75, 3.05) is 0 Å². The van der Waals surface area contributed by atoms with Crippen LogP contribution in [0.5, 0.6) is 0 Å². The summed E-state index contributed by atoms with van der Waals surface area (Å²) in [5.74, 6) is 0.0416. The maximum Gasteiger partial charge on any atom is 0.312 e. The van der Waals surface area contributed by atoms with Crippen LogP contribution in [0, 0.1) is 11.3 Å². The van der Waals surface area contributed by atoms with Crippen molar-refractivity contribution in [3.8, 4) is 0 Å². The van der Waals surface area contributed by atoms with E-state index in [4.69, 9.17) is 4.74 Å². The fourth-order valence-electron chi connectivity index (χ4n) is 1.31. The number of esters is 1. The van der Waals surface area contributed by atoms with Crippen molar-refractivity contribution in [2.45, 2.75) is 33.8 Å². The van der Waals surface area contributed by atoms with E-state index in [0.29, 0.717) is 0 Å². The molecule has 1 saturated heterocycles. The number of cyclic esters (lactones) is 1. The molecule has 0 saturated carbocycles. The molecule has 0 aromatic heterocycles. The summed E-state index contributed by atoms with van der Waals surface area (Å²) >= 11 is 0. The SMILES string of the molecule is CC1C(=O)OC1C(C)(C)C. The molecule has 1 fully saturated rings. The van der Waals surface area contributed by atoms with Gasteiger partial charge in [-0.3, -0.25) is 4.79 Å². The standard InChI is InChI=1S/C8H14O2/c1-5-6(8(2,3)4)10-7(5)9/h5-6H,1-4H3. The van der Waals surface area contributed by atoms with Crippen molar-refractivity contribution >= 4 is 5.97 Å². The number of rotatable bonds is 0. The highest BCUT2D eigenvalue weighted by molar-refractivity contribution is 5.78. The Morgan fingerprint density at radius 2 is 1.90 bits per heavy atom. The van der Waals surface area contributed by atoms with Gasteiger partial charge in [0.1, 0.15) is 6.10 Å². The molecule has 1 heterocycles. The summed E-state index contributed by atoms with van der Waals surface area (Å²) in [6.07, 6.45) is 0.125. The van der Waals surface area contributed by atoms with Crippen LogP contribution in [0.1, 0.15) is 27.7 Å². The van der Waals surface area contributed by atoms with Crippen LogP contribution in [0.25, 0.3) is 0 Å². The normalized spacial score (nSPS) is 33.0. The summed E-state index contributed by atoms with van der Waals surface area (Å²) < 4.78 is 4.98. The van der Waals surface area contributed by atoms with Crippen LogP contribution in [-0.2, 0) is 9.53 Å². The van der Waals surface area contributed by atoms with E-state index in [2.05, 4.69) is 20.8 Å². The van der Waals surface area contributed by atoms with E-state index >= 15 is 0 Å². The molecule has 0 bridgehead atoms. The summed E-state index contributed by atoms with van der Waals surface area (Å²) in [6, 6.07) is 0. The lowest BCUT2D eigenvalue weighted by Gasteiger charge is -2.41. The number of carbonyl (C=O) groups excluding carboxylic acids is 1. The summed E-state index contributed by atoms with van der Waals surface area (Å²) in [5, 5.41) is 0. The van der Waals surface area contributed by atoms with Crippen LogP contribution in [0.2, 0.25) is 0 Å². The molecular formula is C8H14O2. The Hall–Kier alpha value is -0.530. The maximum atomic E-state index is 10.7. The molecule has 1 rings (SSSR count). The largest absolute Gasteiger partial charge is 0.461 e. The molecule has 58 valence electrons. The second-order valence-electron chi connectivity index (χ2n) is 4.01. The predicted molar refractivity (Wildman–Crippen MR) is 38.5 cm³/mol. The van der Waals surface area contributed by atoms with Gasteiger partial charge in [-0.25, -0.2) is 0 Å². The minimum atomic E-state index is -0.0556. The third-order valence-corrected chi connectivity index (χ3v) is 1.92. The van der Waals surface area contributed by atoms with E-state index in [1.54, 1.807) is 0 Å². The molecule has 0 aromatic carbocycles. The molecule has 10 heavy (non-hydrogen) atoms. The Bertz CT molecular complexity index is 155. The van der Waals surface area contributed by atoms with E-state index in [0.717, 1.165) is 0 Å². The highest BCUT2D eigenvalue weighted by Crippen LogP contribution is 2.35. The smallest absolute Gasteiger partial charge is 0.312 e. The zero-order valence-corrected chi connectivity index (χ0v) is 6.97. The van der Waals surface area contributed by atoms with Gasteiger partial charge in [0.05, 0.1) is 5.92 Å². The molecule has 0 aromatic rings. The summed E-state index contributed by atoms with van der Waals surface area (Å²) in [7, 11) is 0. The molecule has 0 radical (unpaired) electrons. The van der Waals surface area contributed by atoms with Gasteiger partial charge in [-0.2, -0.15) is 0 Å². The zero-order chi connectivity index (χ0) is 7.94.